The molecule has 1 aromatic carbocycles. The van der Waals surface area contributed by atoms with Crippen molar-refractivity contribution in [3.63, 3.8) is 0 Å². The van der Waals surface area contributed by atoms with Crippen molar-refractivity contribution in [2.75, 3.05) is 6.54 Å². The molecule has 1 aliphatic carbocycles. The van der Waals surface area contributed by atoms with Crippen LogP contribution in [0.15, 0.2) is 35.4 Å². The zero-order valence-electron chi connectivity index (χ0n) is 16.5. The smallest absolute Gasteiger partial charge is 0.303 e. The van der Waals surface area contributed by atoms with E-state index in [1.807, 2.05) is 25.1 Å². The summed E-state index contributed by atoms with van der Waals surface area (Å²) in [4.78, 5) is 15.2. The van der Waals surface area contributed by atoms with Crippen LogP contribution in [0.4, 0.5) is 0 Å². The predicted octanol–water partition coefficient (Wildman–Crippen LogP) is 2.83. The average Bonchev–Trinajstić information content (AvgIpc) is 3.42. The van der Waals surface area contributed by atoms with Crippen LogP contribution in [0.3, 0.4) is 0 Å². The number of aryl methyl sites for hydroxylation is 3. The van der Waals surface area contributed by atoms with Gasteiger partial charge in [-0.15, -0.1) is 0 Å². The highest BCUT2D eigenvalue weighted by atomic mass is 32.2. The third-order valence-corrected chi connectivity index (χ3v) is 7.33. The quantitative estimate of drug-likeness (QED) is 0.805. The summed E-state index contributed by atoms with van der Waals surface area (Å²) in [6, 6.07) is 7.34. The molecule has 1 spiro atoms. The van der Waals surface area contributed by atoms with Crippen LogP contribution in [0.25, 0.3) is 0 Å². The van der Waals surface area contributed by atoms with Gasteiger partial charge in [0.2, 0.25) is 15.9 Å². The summed E-state index contributed by atoms with van der Waals surface area (Å²) in [5.41, 5.74) is 2.98. The van der Waals surface area contributed by atoms with Gasteiger partial charge in [-0.3, -0.25) is 4.79 Å². The van der Waals surface area contributed by atoms with Gasteiger partial charge < -0.3 is 9.84 Å². The third kappa shape index (κ3) is 4.00. The summed E-state index contributed by atoms with van der Waals surface area (Å²) in [5.74, 6) is -0.669. The molecule has 154 valence electrons. The van der Waals surface area contributed by atoms with Crippen LogP contribution in [0, 0.1) is 13.8 Å². The first-order valence-corrected chi connectivity index (χ1v) is 11.1. The van der Waals surface area contributed by atoms with Crippen molar-refractivity contribution in [3.05, 3.63) is 52.7 Å². The summed E-state index contributed by atoms with van der Waals surface area (Å²) >= 11 is 0. The van der Waals surface area contributed by atoms with E-state index in [1.54, 1.807) is 19.2 Å². The third-order valence-electron chi connectivity index (χ3n) is 5.55. The average molecular weight is 416 g/mol. The van der Waals surface area contributed by atoms with Crippen molar-refractivity contribution in [2.24, 2.45) is 0 Å². The summed E-state index contributed by atoms with van der Waals surface area (Å²) in [5, 5.41) is 8.93. The molecule has 1 aliphatic heterocycles. The largest absolute Gasteiger partial charge is 0.481 e. The number of carboxylic acids is 1. The maximum Gasteiger partial charge on any atom is 0.303 e. The maximum atomic E-state index is 13.4. The van der Waals surface area contributed by atoms with Crippen molar-refractivity contribution in [1.82, 2.24) is 9.29 Å². The lowest BCUT2D eigenvalue weighted by Gasteiger charge is -2.23. The minimum atomic E-state index is -3.77. The van der Waals surface area contributed by atoms with Gasteiger partial charge in [-0.1, -0.05) is 18.2 Å². The number of nitrogens with zero attached hydrogens (tertiary/aromatic N) is 2. The van der Waals surface area contributed by atoms with Crippen molar-refractivity contribution >= 4 is 16.0 Å². The Bertz CT molecular complexity index is 1080. The van der Waals surface area contributed by atoms with E-state index in [0.717, 1.165) is 35.1 Å². The second kappa shape index (κ2) is 7.11. The number of sulfonamides is 1. The van der Waals surface area contributed by atoms with E-state index in [1.165, 1.54) is 4.31 Å². The van der Waals surface area contributed by atoms with Gasteiger partial charge in [0.25, 0.3) is 0 Å². The maximum absolute atomic E-state index is 13.4. The molecule has 0 saturated heterocycles. The molecule has 2 aliphatic rings. The lowest BCUT2D eigenvalue weighted by atomic mass is 10.0. The van der Waals surface area contributed by atoms with E-state index in [2.05, 4.69) is 4.98 Å². The normalized spacial score (nSPS) is 19.2. The number of hydrogen-bond acceptors (Lipinski definition) is 5. The molecule has 7 nitrogen and oxygen atoms in total. The Morgan fingerprint density at radius 1 is 1.28 bits per heavy atom. The molecule has 0 bridgehead atoms. The monoisotopic (exact) mass is 416 g/mol. The van der Waals surface area contributed by atoms with Crippen molar-refractivity contribution < 1.29 is 23.1 Å². The van der Waals surface area contributed by atoms with E-state index >= 15 is 0 Å². The van der Waals surface area contributed by atoms with Gasteiger partial charge in [0, 0.05) is 19.2 Å². The zero-order chi connectivity index (χ0) is 20.8. The minimum Gasteiger partial charge on any atom is -0.481 e. The molecule has 1 N–H and O–H groups in total. The Balaban J connectivity index is 1.69. The molecule has 2 aromatic rings. The van der Waals surface area contributed by atoms with Crippen LogP contribution in [0.5, 0.6) is 5.88 Å². The van der Waals surface area contributed by atoms with E-state index in [4.69, 9.17) is 9.84 Å². The first-order chi connectivity index (χ1) is 13.7. The number of aromatic nitrogens is 1. The molecule has 1 saturated carbocycles. The topological polar surface area (TPSA) is 96.8 Å². The number of hydrogen-bond donors (Lipinski definition) is 1. The van der Waals surface area contributed by atoms with Gasteiger partial charge in [0.15, 0.2) is 0 Å². The van der Waals surface area contributed by atoms with E-state index < -0.39 is 21.6 Å². The first kappa shape index (κ1) is 19.8. The first-order valence-electron chi connectivity index (χ1n) is 9.65. The van der Waals surface area contributed by atoms with Gasteiger partial charge in [0.05, 0.1) is 6.54 Å². The molecule has 1 aromatic heterocycles. The fraction of sp³-hybridized carbons (Fsp3) is 0.429. The van der Waals surface area contributed by atoms with Crippen molar-refractivity contribution in [1.29, 1.82) is 0 Å². The molecular weight excluding hydrogens is 392 g/mol. The Morgan fingerprint density at radius 2 is 2.03 bits per heavy atom. The van der Waals surface area contributed by atoms with Gasteiger partial charge >= 0.3 is 5.97 Å². The van der Waals surface area contributed by atoms with Crippen LogP contribution in [-0.2, 0) is 27.8 Å². The SMILES string of the molecule is Cc1cnc2c(c1)S(=O)(=O)N(Cc1cc(CCC(=O)O)ccc1C)CC1(CC1)O2. The molecule has 4 rings (SSSR count). The Labute approximate surface area is 170 Å². The molecule has 29 heavy (non-hydrogen) atoms. The summed E-state index contributed by atoms with van der Waals surface area (Å²) in [6.07, 6.45) is 3.67. The van der Waals surface area contributed by atoms with Gasteiger partial charge in [0.1, 0.15) is 10.5 Å². The Kier molecular flexibility index (Phi) is 4.86. The lowest BCUT2D eigenvalue weighted by Crippen LogP contribution is -2.38. The van der Waals surface area contributed by atoms with Crippen molar-refractivity contribution in [2.45, 2.75) is 56.6 Å². The van der Waals surface area contributed by atoms with Crippen LogP contribution >= 0.6 is 0 Å². The number of ether oxygens (including phenoxy) is 1. The number of rotatable bonds is 5. The van der Waals surface area contributed by atoms with Gasteiger partial charge in [-0.25, -0.2) is 13.4 Å². The second-order valence-corrected chi connectivity index (χ2v) is 9.94. The number of carbonyl (C=O) groups is 1. The number of fused-ring (bicyclic) bond motifs is 1. The molecule has 0 atom stereocenters. The fourth-order valence-corrected chi connectivity index (χ4v) is 5.25. The second-order valence-electron chi connectivity index (χ2n) is 8.03. The van der Waals surface area contributed by atoms with Crippen LogP contribution < -0.4 is 4.74 Å². The minimum absolute atomic E-state index is 0.0415. The lowest BCUT2D eigenvalue weighted by molar-refractivity contribution is -0.136. The molecule has 0 unspecified atom stereocenters. The van der Waals surface area contributed by atoms with Crippen LogP contribution in [0.2, 0.25) is 0 Å². The zero-order valence-corrected chi connectivity index (χ0v) is 17.3. The predicted molar refractivity (Wildman–Crippen MR) is 106 cm³/mol. The number of carboxylic acid groups (broad SMARTS) is 1. The fourth-order valence-electron chi connectivity index (χ4n) is 3.61. The molecule has 0 radical (unpaired) electrons. The highest BCUT2D eigenvalue weighted by molar-refractivity contribution is 7.89. The van der Waals surface area contributed by atoms with E-state index in [-0.39, 0.29) is 30.3 Å². The van der Waals surface area contributed by atoms with E-state index in [9.17, 15) is 13.2 Å². The Hall–Kier alpha value is -2.45. The highest BCUT2D eigenvalue weighted by Crippen LogP contribution is 2.46. The number of aliphatic carboxylic acids is 1. The molecular formula is C21H24N2O5S. The highest BCUT2D eigenvalue weighted by Gasteiger charge is 2.52. The number of benzene rings is 1. The van der Waals surface area contributed by atoms with Crippen molar-refractivity contribution in [3.8, 4) is 5.88 Å². The number of pyridine rings is 1. The Morgan fingerprint density at radius 3 is 2.72 bits per heavy atom. The molecule has 2 heterocycles. The summed E-state index contributed by atoms with van der Waals surface area (Å²) < 4.78 is 34.4. The molecule has 8 heteroatoms. The molecule has 0 amide bonds. The standard InChI is InChI=1S/C21H24N2O5S/c1-14-9-18-20(22-11-14)28-21(7-8-21)13-23(29(18,26)27)12-17-10-16(4-3-15(17)2)5-6-19(24)25/h3-4,9-11H,5-8,12-13H2,1-2H3,(H,24,25). The van der Waals surface area contributed by atoms with Crippen LogP contribution in [0.1, 0.15) is 41.5 Å². The summed E-state index contributed by atoms with van der Waals surface area (Å²) in [7, 11) is -3.77. The van der Waals surface area contributed by atoms with Gasteiger partial charge in [-0.2, -0.15) is 4.31 Å². The van der Waals surface area contributed by atoms with E-state index in [0.29, 0.717) is 6.42 Å². The molecule has 1 fully saturated rings. The van der Waals surface area contributed by atoms with Gasteiger partial charge in [-0.05, 0) is 61.4 Å². The summed E-state index contributed by atoms with van der Waals surface area (Å²) in [6.45, 7) is 4.24. The van der Waals surface area contributed by atoms with Crippen LogP contribution in [-0.4, -0.2) is 40.9 Å².